The summed E-state index contributed by atoms with van der Waals surface area (Å²) in [6, 6.07) is 6.41. The van der Waals surface area contributed by atoms with Crippen LogP contribution in [0.4, 0.5) is 0 Å². The second-order valence-corrected chi connectivity index (χ2v) is 6.31. The number of aromatic hydroxyl groups is 1. The first-order valence-electron chi connectivity index (χ1n) is 8.39. The molecule has 0 bridgehead atoms. The summed E-state index contributed by atoms with van der Waals surface area (Å²) < 4.78 is 6.39. The molecule has 138 valence electrons. The Kier molecular flexibility index (Phi) is 5.11. The standard InChI is InChI=1S/C18H21N3O5/c1-26-16-5-4-12(9-15(16)22)18(25)20-7-2-3-13(10-20)14-6-8-21(19-14)11-17(23)24/h4-6,8-9,13,22H,2-3,7,10-11H2,1H3,(H,23,24). The Morgan fingerprint density at radius 3 is 2.85 bits per heavy atom. The van der Waals surface area contributed by atoms with Crippen LogP contribution in [0, 0.1) is 0 Å². The third-order valence-corrected chi connectivity index (χ3v) is 4.51. The molecule has 1 saturated heterocycles. The number of phenolic OH excluding ortho intramolecular Hbond substituents is 1. The first-order valence-corrected chi connectivity index (χ1v) is 8.39. The molecule has 1 atom stereocenters. The van der Waals surface area contributed by atoms with Gasteiger partial charge in [-0.3, -0.25) is 14.3 Å². The maximum absolute atomic E-state index is 12.7. The van der Waals surface area contributed by atoms with Crippen LogP contribution < -0.4 is 4.74 Å². The van der Waals surface area contributed by atoms with Crippen LogP contribution in [0.25, 0.3) is 0 Å². The van der Waals surface area contributed by atoms with Crippen molar-refractivity contribution in [2.24, 2.45) is 0 Å². The van der Waals surface area contributed by atoms with Crippen LogP contribution in [0.2, 0.25) is 0 Å². The molecule has 1 fully saturated rings. The van der Waals surface area contributed by atoms with Gasteiger partial charge in [-0.25, -0.2) is 0 Å². The molecule has 2 aromatic rings. The van der Waals surface area contributed by atoms with Gasteiger partial charge in [0, 0.05) is 30.8 Å². The number of hydrogen-bond acceptors (Lipinski definition) is 5. The minimum Gasteiger partial charge on any atom is -0.504 e. The van der Waals surface area contributed by atoms with E-state index < -0.39 is 5.97 Å². The van der Waals surface area contributed by atoms with E-state index in [0.717, 1.165) is 18.5 Å². The number of benzene rings is 1. The van der Waals surface area contributed by atoms with E-state index in [9.17, 15) is 14.7 Å². The summed E-state index contributed by atoms with van der Waals surface area (Å²) in [7, 11) is 1.45. The number of aliphatic carboxylic acids is 1. The van der Waals surface area contributed by atoms with E-state index in [4.69, 9.17) is 9.84 Å². The van der Waals surface area contributed by atoms with Gasteiger partial charge in [-0.15, -0.1) is 0 Å². The highest BCUT2D eigenvalue weighted by Gasteiger charge is 2.27. The smallest absolute Gasteiger partial charge is 0.325 e. The number of ether oxygens (including phenoxy) is 1. The second-order valence-electron chi connectivity index (χ2n) is 6.31. The molecule has 1 unspecified atom stereocenters. The first-order chi connectivity index (χ1) is 12.5. The molecule has 0 spiro atoms. The molecule has 3 rings (SSSR count). The van der Waals surface area contributed by atoms with E-state index in [0.29, 0.717) is 24.4 Å². The lowest BCUT2D eigenvalue weighted by Crippen LogP contribution is -2.39. The summed E-state index contributed by atoms with van der Waals surface area (Å²) in [5.41, 5.74) is 1.20. The first kappa shape index (κ1) is 17.8. The highest BCUT2D eigenvalue weighted by atomic mass is 16.5. The zero-order valence-corrected chi connectivity index (χ0v) is 14.5. The summed E-state index contributed by atoms with van der Waals surface area (Å²) in [6.07, 6.45) is 3.37. The fraction of sp³-hybridized carbons (Fsp3) is 0.389. The molecule has 0 saturated carbocycles. The van der Waals surface area contributed by atoms with Gasteiger partial charge in [0.05, 0.1) is 12.8 Å². The van der Waals surface area contributed by atoms with Gasteiger partial charge in [0.2, 0.25) is 0 Å². The van der Waals surface area contributed by atoms with Crippen molar-refractivity contribution in [3.63, 3.8) is 0 Å². The van der Waals surface area contributed by atoms with Crippen LogP contribution in [0.5, 0.6) is 11.5 Å². The molecule has 0 aliphatic carbocycles. The fourth-order valence-corrected chi connectivity index (χ4v) is 3.23. The van der Waals surface area contributed by atoms with Crippen molar-refractivity contribution in [3.8, 4) is 11.5 Å². The highest BCUT2D eigenvalue weighted by Crippen LogP contribution is 2.29. The van der Waals surface area contributed by atoms with E-state index in [1.165, 1.54) is 17.9 Å². The van der Waals surface area contributed by atoms with E-state index in [2.05, 4.69) is 5.10 Å². The van der Waals surface area contributed by atoms with Crippen LogP contribution >= 0.6 is 0 Å². The van der Waals surface area contributed by atoms with E-state index in [1.807, 2.05) is 0 Å². The zero-order valence-electron chi connectivity index (χ0n) is 14.5. The lowest BCUT2D eigenvalue weighted by molar-refractivity contribution is -0.137. The maximum Gasteiger partial charge on any atom is 0.325 e. The van der Waals surface area contributed by atoms with Crippen molar-refractivity contribution in [3.05, 3.63) is 41.7 Å². The molecule has 8 heteroatoms. The maximum atomic E-state index is 12.7. The Labute approximate surface area is 150 Å². The molecule has 1 aromatic heterocycles. The minimum absolute atomic E-state index is 0.0644. The number of rotatable bonds is 5. The molecule has 26 heavy (non-hydrogen) atoms. The zero-order chi connectivity index (χ0) is 18.7. The predicted molar refractivity (Wildman–Crippen MR) is 92.4 cm³/mol. The summed E-state index contributed by atoms with van der Waals surface area (Å²) in [5.74, 6) is -0.784. The van der Waals surface area contributed by atoms with Gasteiger partial charge < -0.3 is 19.8 Å². The number of aromatic nitrogens is 2. The van der Waals surface area contributed by atoms with Gasteiger partial charge in [-0.1, -0.05) is 0 Å². The number of methoxy groups -OCH3 is 1. The molecule has 1 aliphatic rings. The van der Waals surface area contributed by atoms with Crippen molar-refractivity contribution in [1.82, 2.24) is 14.7 Å². The van der Waals surface area contributed by atoms with E-state index in [1.54, 1.807) is 29.3 Å². The van der Waals surface area contributed by atoms with Crippen LogP contribution in [-0.4, -0.2) is 57.0 Å². The number of amides is 1. The highest BCUT2D eigenvalue weighted by molar-refractivity contribution is 5.95. The lowest BCUT2D eigenvalue weighted by atomic mass is 9.94. The van der Waals surface area contributed by atoms with Crippen LogP contribution in [-0.2, 0) is 11.3 Å². The van der Waals surface area contributed by atoms with Crippen LogP contribution in [0.1, 0.15) is 34.8 Å². The van der Waals surface area contributed by atoms with Gasteiger partial charge in [0.25, 0.3) is 5.91 Å². The largest absolute Gasteiger partial charge is 0.504 e. The summed E-state index contributed by atoms with van der Waals surface area (Å²) >= 11 is 0. The molecule has 8 nitrogen and oxygen atoms in total. The third-order valence-electron chi connectivity index (χ3n) is 4.51. The second kappa shape index (κ2) is 7.47. The molecule has 2 N–H and O–H groups in total. The molecule has 1 aliphatic heterocycles. The van der Waals surface area contributed by atoms with Gasteiger partial charge in [-0.05, 0) is 37.1 Å². The minimum atomic E-state index is -0.945. The Hall–Kier alpha value is -3.03. The van der Waals surface area contributed by atoms with Crippen molar-refractivity contribution in [2.75, 3.05) is 20.2 Å². The topological polar surface area (TPSA) is 105 Å². The Balaban J connectivity index is 1.71. The number of piperidine rings is 1. The normalized spacial score (nSPS) is 17.1. The number of carbonyl (C=O) groups excluding carboxylic acids is 1. The fourth-order valence-electron chi connectivity index (χ4n) is 3.23. The Morgan fingerprint density at radius 1 is 1.35 bits per heavy atom. The quantitative estimate of drug-likeness (QED) is 0.842. The molecular formula is C18H21N3O5. The molecule has 1 aromatic carbocycles. The number of carbonyl (C=O) groups is 2. The monoisotopic (exact) mass is 359 g/mol. The third kappa shape index (κ3) is 3.79. The molecule has 0 radical (unpaired) electrons. The SMILES string of the molecule is COc1ccc(C(=O)N2CCCC(c3ccn(CC(=O)O)n3)C2)cc1O. The van der Waals surface area contributed by atoms with Gasteiger partial charge in [0.1, 0.15) is 6.54 Å². The van der Waals surface area contributed by atoms with Gasteiger partial charge >= 0.3 is 5.97 Å². The number of carboxylic acid groups (broad SMARTS) is 1. The average molecular weight is 359 g/mol. The molecular weight excluding hydrogens is 338 g/mol. The summed E-state index contributed by atoms with van der Waals surface area (Å²) in [5, 5.41) is 23.0. The Bertz CT molecular complexity index is 817. The van der Waals surface area contributed by atoms with E-state index >= 15 is 0 Å². The van der Waals surface area contributed by atoms with Crippen molar-refractivity contribution in [2.45, 2.75) is 25.3 Å². The van der Waals surface area contributed by atoms with E-state index in [-0.39, 0.29) is 24.1 Å². The number of hydrogen-bond donors (Lipinski definition) is 2. The number of nitrogens with zero attached hydrogens (tertiary/aromatic N) is 3. The molecule has 1 amide bonds. The number of phenols is 1. The average Bonchev–Trinajstić information content (AvgIpc) is 3.09. The van der Waals surface area contributed by atoms with Crippen molar-refractivity contribution in [1.29, 1.82) is 0 Å². The van der Waals surface area contributed by atoms with Gasteiger partial charge in [-0.2, -0.15) is 5.10 Å². The Morgan fingerprint density at radius 2 is 2.15 bits per heavy atom. The summed E-state index contributed by atoms with van der Waals surface area (Å²) in [4.78, 5) is 25.3. The molecule has 2 heterocycles. The number of carboxylic acids is 1. The van der Waals surface area contributed by atoms with Crippen molar-refractivity contribution >= 4 is 11.9 Å². The van der Waals surface area contributed by atoms with Crippen LogP contribution in [0.3, 0.4) is 0 Å². The van der Waals surface area contributed by atoms with Gasteiger partial charge in [0.15, 0.2) is 11.5 Å². The lowest BCUT2D eigenvalue weighted by Gasteiger charge is -2.32. The summed E-state index contributed by atoms with van der Waals surface area (Å²) in [6.45, 7) is 0.966. The predicted octanol–water partition coefficient (Wildman–Crippen LogP) is 1.70. The van der Waals surface area contributed by atoms with Crippen LogP contribution in [0.15, 0.2) is 30.5 Å². The van der Waals surface area contributed by atoms with Crippen molar-refractivity contribution < 1.29 is 24.5 Å². The number of likely N-dealkylation sites (tertiary alicyclic amines) is 1.